The van der Waals surface area contributed by atoms with Crippen molar-refractivity contribution in [2.75, 3.05) is 13.1 Å². The van der Waals surface area contributed by atoms with Crippen molar-refractivity contribution in [3.05, 3.63) is 34.3 Å². The Balaban J connectivity index is 2.34. The second-order valence-corrected chi connectivity index (χ2v) is 5.81. The predicted octanol–water partition coefficient (Wildman–Crippen LogP) is 3.87. The van der Waals surface area contributed by atoms with E-state index in [2.05, 4.69) is 66.3 Å². The molecule has 0 aliphatic heterocycles. The highest BCUT2D eigenvalue weighted by molar-refractivity contribution is 9.10. The molecule has 0 bridgehead atoms. The van der Waals surface area contributed by atoms with Gasteiger partial charge in [0.1, 0.15) is 0 Å². The highest BCUT2D eigenvalue weighted by Gasteiger charge is 2.06. The molecule has 0 heterocycles. The molecule has 1 aromatic rings. The van der Waals surface area contributed by atoms with E-state index in [1.54, 1.807) is 0 Å². The molecule has 90 valence electrons. The van der Waals surface area contributed by atoms with Crippen molar-refractivity contribution >= 4 is 15.9 Å². The quantitative estimate of drug-likeness (QED) is 0.836. The number of hydrogen-bond acceptors (Lipinski definition) is 1. The van der Waals surface area contributed by atoms with Gasteiger partial charge in [-0.1, -0.05) is 54.9 Å². The summed E-state index contributed by atoms with van der Waals surface area (Å²) in [6.45, 7) is 8.99. The Kier molecular flexibility index (Phi) is 6.07. The molecular formula is C14H22BrN. The van der Waals surface area contributed by atoms with E-state index < -0.39 is 0 Å². The lowest BCUT2D eigenvalue weighted by atomic mass is 10.0. The van der Waals surface area contributed by atoms with Crippen molar-refractivity contribution in [2.45, 2.75) is 27.2 Å². The third-order valence-electron chi connectivity index (χ3n) is 2.57. The van der Waals surface area contributed by atoms with Crippen molar-refractivity contribution in [2.24, 2.45) is 11.8 Å². The molecule has 0 aromatic heterocycles. The molecule has 1 atom stereocenters. The van der Waals surface area contributed by atoms with Crippen LogP contribution < -0.4 is 5.32 Å². The Hall–Kier alpha value is -0.340. The Bertz CT molecular complexity index is 309. The number of benzene rings is 1. The van der Waals surface area contributed by atoms with Crippen molar-refractivity contribution in [3.8, 4) is 0 Å². The standard InChI is InChI=1S/C14H22BrN/c1-11(2)9-16-10-12(3)8-13-6-4-5-7-14(13)15/h4-7,11-12,16H,8-10H2,1-3H3. The summed E-state index contributed by atoms with van der Waals surface area (Å²) in [6.07, 6.45) is 1.13. The lowest BCUT2D eigenvalue weighted by Gasteiger charge is -2.14. The Morgan fingerprint density at radius 3 is 2.44 bits per heavy atom. The molecule has 1 N–H and O–H groups in total. The fraction of sp³-hybridized carbons (Fsp3) is 0.571. The third kappa shape index (κ3) is 5.13. The fourth-order valence-electron chi connectivity index (χ4n) is 1.73. The molecule has 0 spiro atoms. The highest BCUT2D eigenvalue weighted by atomic mass is 79.9. The van der Waals surface area contributed by atoms with Crippen LogP contribution >= 0.6 is 15.9 Å². The topological polar surface area (TPSA) is 12.0 Å². The fourth-order valence-corrected chi connectivity index (χ4v) is 2.18. The molecule has 2 heteroatoms. The summed E-state index contributed by atoms with van der Waals surface area (Å²) < 4.78 is 1.23. The van der Waals surface area contributed by atoms with Gasteiger partial charge in [0.15, 0.2) is 0 Å². The maximum absolute atomic E-state index is 3.60. The van der Waals surface area contributed by atoms with Gasteiger partial charge in [0.25, 0.3) is 0 Å². The molecule has 1 aromatic carbocycles. The van der Waals surface area contributed by atoms with E-state index in [9.17, 15) is 0 Å². The number of nitrogens with one attached hydrogen (secondary N) is 1. The normalized spacial score (nSPS) is 13.1. The van der Waals surface area contributed by atoms with Crippen LogP contribution in [0.5, 0.6) is 0 Å². The molecule has 16 heavy (non-hydrogen) atoms. The summed E-state index contributed by atoms with van der Waals surface area (Å²) in [5.41, 5.74) is 1.40. The van der Waals surface area contributed by atoms with E-state index in [1.165, 1.54) is 10.0 Å². The molecule has 1 rings (SSSR count). The number of halogens is 1. The van der Waals surface area contributed by atoms with E-state index in [4.69, 9.17) is 0 Å². The first kappa shape index (κ1) is 13.7. The maximum Gasteiger partial charge on any atom is 0.0207 e. The lowest BCUT2D eigenvalue weighted by molar-refractivity contribution is 0.473. The van der Waals surface area contributed by atoms with Gasteiger partial charge in [-0.15, -0.1) is 0 Å². The summed E-state index contributed by atoms with van der Waals surface area (Å²) in [4.78, 5) is 0. The van der Waals surface area contributed by atoms with E-state index >= 15 is 0 Å². The monoisotopic (exact) mass is 283 g/mol. The summed E-state index contributed by atoms with van der Waals surface area (Å²) in [5, 5.41) is 3.51. The van der Waals surface area contributed by atoms with Gasteiger partial charge in [-0.3, -0.25) is 0 Å². The molecule has 1 unspecified atom stereocenters. The first-order valence-electron chi connectivity index (χ1n) is 6.03. The molecule has 0 fully saturated rings. The summed E-state index contributed by atoms with van der Waals surface area (Å²) in [7, 11) is 0. The summed E-state index contributed by atoms with van der Waals surface area (Å²) in [6, 6.07) is 8.48. The van der Waals surface area contributed by atoms with Crippen LogP contribution in [0, 0.1) is 11.8 Å². The maximum atomic E-state index is 3.60. The molecule has 0 saturated carbocycles. The van der Waals surface area contributed by atoms with Crippen LogP contribution in [-0.2, 0) is 6.42 Å². The number of rotatable bonds is 6. The lowest BCUT2D eigenvalue weighted by Crippen LogP contribution is -2.26. The Labute approximate surface area is 108 Å². The zero-order valence-electron chi connectivity index (χ0n) is 10.5. The van der Waals surface area contributed by atoms with Gasteiger partial charge < -0.3 is 5.32 Å². The third-order valence-corrected chi connectivity index (χ3v) is 3.35. The van der Waals surface area contributed by atoms with Gasteiger partial charge in [-0.05, 0) is 43.0 Å². The van der Waals surface area contributed by atoms with Crippen LogP contribution in [0.15, 0.2) is 28.7 Å². The van der Waals surface area contributed by atoms with Gasteiger partial charge >= 0.3 is 0 Å². The van der Waals surface area contributed by atoms with Crippen LogP contribution in [0.1, 0.15) is 26.3 Å². The van der Waals surface area contributed by atoms with Crippen molar-refractivity contribution in [1.82, 2.24) is 5.32 Å². The molecule has 0 aliphatic carbocycles. The average Bonchev–Trinajstić information content (AvgIpc) is 2.21. The van der Waals surface area contributed by atoms with Crippen molar-refractivity contribution in [1.29, 1.82) is 0 Å². The average molecular weight is 284 g/mol. The van der Waals surface area contributed by atoms with Gasteiger partial charge in [-0.25, -0.2) is 0 Å². The zero-order valence-corrected chi connectivity index (χ0v) is 12.0. The van der Waals surface area contributed by atoms with Crippen LogP contribution in [0.4, 0.5) is 0 Å². The zero-order chi connectivity index (χ0) is 12.0. The predicted molar refractivity (Wildman–Crippen MR) is 74.7 cm³/mol. The van der Waals surface area contributed by atoms with E-state index in [-0.39, 0.29) is 0 Å². The second kappa shape index (κ2) is 7.08. The van der Waals surface area contributed by atoms with Crippen LogP contribution in [0.2, 0.25) is 0 Å². The SMILES string of the molecule is CC(C)CNCC(C)Cc1ccccc1Br. The molecule has 1 nitrogen and oxygen atoms in total. The van der Waals surface area contributed by atoms with Gasteiger partial charge in [0.05, 0.1) is 0 Å². The summed E-state index contributed by atoms with van der Waals surface area (Å²) in [5.74, 6) is 1.41. The number of hydrogen-bond donors (Lipinski definition) is 1. The van der Waals surface area contributed by atoms with Gasteiger partial charge in [0.2, 0.25) is 0 Å². The van der Waals surface area contributed by atoms with E-state index in [0.717, 1.165) is 25.4 Å². The van der Waals surface area contributed by atoms with E-state index in [0.29, 0.717) is 5.92 Å². The van der Waals surface area contributed by atoms with Crippen molar-refractivity contribution < 1.29 is 0 Å². The van der Waals surface area contributed by atoms with E-state index in [1.807, 2.05) is 0 Å². The molecule has 0 amide bonds. The molecule has 0 aliphatic rings. The second-order valence-electron chi connectivity index (χ2n) is 4.95. The molecule has 0 radical (unpaired) electrons. The van der Waals surface area contributed by atoms with Gasteiger partial charge in [0, 0.05) is 4.47 Å². The Morgan fingerprint density at radius 1 is 1.12 bits per heavy atom. The minimum Gasteiger partial charge on any atom is -0.316 e. The Morgan fingerprint density at radius 2 is 1.81 bits per heavy atom. The summed E-state index contributed by atoms with van der Waals surface area (Å²) >= 11 is 3.60. The molecule has 0 saturated heterocycles. The minimum atomic E-state index is 0.678. The van der Waals surface area contributed by atoms with Crippen LogP contribution in [0.3, 0.4) is 0 Å². The minimum absolute atomic E-state index is 0.678. The van der Waals surface area contributed by atoms with Crippen molar-refractivity contribution in [3.63, 3.8) is 0 Å². The van der Waals surface area contributed by atoms with Gasteiger partial charge in [-0.2, -0.15) is 0 Å². The van der Waals surface area contributed by atoms with Crippen LogP contribution in [0.25, 0.3) is 0 Å². The smallest absolute Gasteiger partial charge is 0.0207 e. The first-order chi connectivity index (χ1) is 7.59. The highest BCUT2D eigenvalue weighted by Crippen LogP contribution is 2.19. The van der Waals surface area contributed by atoms with Crippen LogP contribution in [-0.4, -0.2) is 13.1 Å². The first-order valence-corrected chi connectivity index (χ1v) is 6.83. The molecular weight excluding hydrogens is 262 g/mol. The largest absolute Gasteiger partial charge is 0.316 e.